The Labute approximate surface area is 104 Å². The van der Waals surface area contributed by atoms with Gasteiger partial charge in [0.25, 0.3) is 10.2 Å². The van der Waals surface area contributed by atoms with Crippen LogP contribution in [0, 0.1) is 0 Å². The molecule has 0 amide bonds. The lowest BCUT2D eigenvalue weighted by molar-refractivity contribution is 0.0589. The molecule has 0 aromatic carbocycles. The highest BCUT2D eigenvalue weighted by molar-refractivity contribution is 7.86. The van der Waals surface area contributed by atoms with Crippen LogP contribution in [0.15, 0.2) is 0 Å². The monoisotopic (exact) mass is 262 g/mol. The second kappa shape index (κ2) is 5.65. The molecule has 0 radical (unpaired) electrons. The summed E-state index contributed by atoms with van der Waals surface area (Å²) < 4.78 is 33.2. The van der Waals surface area contributed by atoms with Gasteiger partial charge in [0.2, 0.25) is 0 Å². The lowest BCUT2D eigenvalue weighted by Crippen LogP contribution is -2.49. The van der Waals surface area contributed by atoms with Crippen molar-refractivity contribution >= 4 is 10.2 Å². The second-order valence-electron chi connectivity index (χ2n) is 4.80. The molecule has 0 bridgehead atoms. The van der Waals surface area contributed by atoms with Crippen LogP contribution in [0.2, 0.25) is 0 Å². The average molecular weight is 262 g/mol. The van der Waals surface area contributed by atoms with Crippen LogP contribution in [0.5, 0.6) is 0 Å². The third-order valence-electron chi connectivity index (χ3n) is 3.70. The summed E-state index contributed by atoms with van der Waals surface area (Å²) in [5.41, 5.74) is 0. The quantitative estimate of drug-likeness (QED) is 0.757. The van der Waals surface area contributed by atoms with Gasteiger partial charge in [-0.2, -0.15) is 17.0 Å². The highest BCUT2D eigenvalue weighted by Crippen LogP contribution is 2.21. The highest BCUT2D eigenvalue weighted by Gasteiger charge is 2.33. The molecule has 0 saturated carbocycles. The molecule has 0 aromatic rings. The molecule has 2 saturated heterocycles. The minimum atomic E-state index is -3.21. The summed E-state index contributed by atoms with van der Waals surface area (Å²) in [6, 6.07) is 0. The van der Waals surface area contributed by atoms with Crippen LogP contribution in [-0.2, 0) is 14.9 Å². The Balaban J connectivity index is 1.96. The van der Waals surface area contributed by atoms with E-state index in [-0.39, 0.29) is 6.10 Å². The molecule has 0 N–H and O–H groups in total. The Hall–Kier alpha value is -0.170. The zero-order valence-electron chi connectivity index (χ0n) is 10.5. The van der Waals surface area contributed by atoms with Crippen molar-refractivity contribution in [3.05, 3.63) is 0 Å². The lowest BCUT2D eigenvalue weighted by atomic mass is 10.1. The highest BCUT2D eigenvalue weighted by atomic mass is 32.2. The first-order valence-corrected chi connectivity index (χ1v) is 7.82. The summed E-state index contributed by atoms with van der Waals surface area (Å²) in [4.78, 5) is 0. The minimum Gasteiger partial charge on any atom is -0.381 e. The maximum atomic E-state index is 12.3. The van der Waals surface area contributed by atoms with Crippen molar-refractivity contribution in [1.82, 2.24) is 8.61 Å². The van der Waals surface area contributed by atoms with E-state index in [0.29, 0.717) is 26.2 Å². The number of hydrogen-bond acceptors (Lipinski definition) is 3. The van der Waals surface area contributed by atoms with Gasteiger partial charge in [0.1, 0.15) is 0 Å². The van der Waals surface area contributed by atoms with Crippen molar-refractivity contribution in [3.63, 3.8) is 0 Å². The Morgan fingerprint density at radius 3 is 2.00 bits per heavy atom. The Morgan fingerprint density at radius 1 is 0.941 bits per heavy atom. The summed E-state index contributed by atoms with van der Waals surface area (Å²) in [6.45, 7) is 2.56. The van der Waals surface area contributed by atoms with Crippen molar-refractivity contribution in [3.8, 4) is 0 Å². The minimum absolute atomic E-state index is 0.225. The number of piperidine rings is 2. The molecule has 2 rings (SSSR count). The van der Waals surface area contributed by atoms with Crippen molar-refractivity contribution in [2.45, 2.75) is 38.2 Å². The topological polar surface area (TPSA) is 49.9 Å². The van der Waals surface area contributed by atoms with Gasteiger partial charge in [0, 0.05) is 33.3 Å². The zero-order chi connectivity index (χ0) is 12.3. The molecular formula is C11H22N2O3S. The molecule has 0 spiro atoms. The van der Waals surface area contributed by atoms with E-state index >= 15 is 0 Å². The standard InChI is InChI=1S/C11H22N2O3S/c1-16-11-5-9-13(10-6-11)17(14,15)12-7-3-2-4-8-12/h11H,2-10H2,1H3. The van der Waals surface area contributed by atoms with Crippen LogP contribution in [0.3, 0.4) is 0 Å². The normalized spacial score (nSPS) is 26.2. The second-order valence-corrected chi connectivity index (χ2v) is 6.73. The maximum Gasteiger partial charge on any atom is 0.281 e. The largest absolute Gasteiger partial charge is 0.381 e. The molecule has 2 heterocycles. The van der Waals surface area contributed by atoms with Gasteiger partial charge in [-0.15, -0.1) is 0 Å². The fourth-order valence-corrected chi connectivity index (χ4v) is 4.28. The molecular weight excluding hydrogens is 240 g/mol. The molecule has 2 fully saturated rings. The summed E-state index contributed by atoms with van der Waals surface area (Å²) in [7, 11) is -1.51. The van der Waals surface area contributed by atoms with E-state index in [2.05, 4.69) is 0 Å². The summed E-state index contributed by atoms with van der Waals surface area (Å²) >= 11 is 0. The fourth-order valence-electron chi connectivity index (χ4n) is 2.56. The summed E-state index contributed by atoms with van der Waals surface area (Å²) in [5.74, 6) is 0. The van der Waals surface area contributed by atoms with E-state index < -0.39 is 10.2 Å². The Kier molecular flexibility index (Phi) is 4.41. The summed E-state index contributed by atoms with van der Waals surface area (Å²) in [6.07, 6.45) is 4.98. The molecule has 17 heavy (non-hydrogen) atoms. The van der Waals surface area contributed by atoms with Crippen LogP contribution in [0.1, 0.15) is 32.1 Å². The summed E-state index contributed by atoms with van der Waals surface area (Å²) in [5, 5.41) is 0. The van der Waals surface area contributed by atoms with Crippen LogP contribution in [0.25, 0.3) is 0 Å². The third-order valence-corrected chi connectivity index (χ3v) is 5.74. The van der Waals surface area contributed by atoms with Crippen molar-refractivity contribution in [2.75, 3.05) is 33.3 Å². The fraction of sp³-hybridized carbons (Fsp3) is 1.00. The van der Waals surface area contributed by atoms with E-state index in [1.807, 2.05) is 0 Å². The van der Waals surface area contributed by atoms with E-state index in [1.54, 1.807) is 15.7 Å². The number of rotatable bonds is 3. The first-order valence-electron chi connectivity index (χ1n) is 6.42. The van der Waals surface area contributed by atoms with Crippen LogP contribution >= 0.6 is 0 Å². The molecule has 2 aliphatic rings. The first kappa shape index (κ1) is 13.3. The van der Waals surface area contributed by atoms with E-state index in [9.17, 15) is 8.42 Å². The predicted octanol–water partition coefficient (Wildman–Crippen LogP) is 0.828. The van der Waals surface area contributed by atoms with Gasteiger partial charge < -0.3 is 4.74 Å². The Morgan fingerprint density at radius 2 is 1.47 bits per heavy atom. The van der Waals surface area contributed by atoms with Crippen molar-refractivity contribution < 1.29 is 13.2 Å². The van der Waals surface area contributed by atoms with Gasteiger partial charge >= 0.3 is 0 Å². The molecule has 0 aromatic heterocycles. The van der Waals surface area contributed by atoms with Gasteiger partial charge in [-0.25, -0.2) is 0 Å². The number of hydrogen-bond donors (Lipinski definition) is 0. The molecule has 100 valence electrons. The third kappa shape index (κ3) is 2.99. The zero-order valence-corrected chi connectivity index (χ0v) is 11.3. The molecule has 0 aliphatic carbocycles. The smallest absolute Gasteiger partial charge is 0.281 e. The first-order chi connectivity index (χ1) is 8.14. The van der Waals surface area contributed by atoms with Gasteiger partial charge in [-0.3, -0.25) is 0 Å². The number of methoxy groups -OCH3 is 1. The van der Waals surface area contributed by atoms with Crippen molar-refractivity contribution in [2.24, 2.45) is 0 Å². The molecule has 5 nitrogen and oxygen atoms in total. The maximum absolute atomic E-state index is 12.3. The Bertz CT molecular complexity index is 331. The average Bonchev–Trinajstić information content (AvgIpc) is 2.40. The SMILES string of the molecule is COC1CCN(S(=O)(=O)N2CCCCC2)CC1. The predicted molar refractivity (Wildman–Crippen MR) is 65.9 cm³/mol. The molecule has 0 unspecified atom stereocenters. The number of ether oxygens (including phenoxy) is 1. The van der Waals surface area contributed by atoms with Gasteiger partial charge in [-0.1, -0.05) is 6.42 Å². The van der Waals surface area contributed by atoms with Gasteiger partial charge in [0.05, 0.1) is 6.10 Å². The van der Waals surface area contributed by atoms with E-state index in [4.69, 9.17) is 4.74 Å². The van der Waals surface area contributed by atoms with E-state index in [0.717, 1.165) is 32.1 Å². The van der Waals surface area contributed by atoms with Crippen LogP contribution in [0.4, 0.5) is 0 Å². The molecule has 0 atom stereocenters. The molecule has 2 aliphatic heterocycles. The lowest BCUT2D eigenvalue weighted by Gasteiger charge is -2.35. The van der Waals surface area contributed by atoms with Gasteiger partial charge in [0.15, 0.2) is 0 Å². The molecule has 6 heteroatoms. The van der Waals surface area contributed by atoms with Crippen LogP contribution in [-0.4, -0.2) is 56.4 Å². The number of nitrogens with zero attached hydrogens (tertiary/aromatic N) is 2. The van der Waals surface area contributed by atoms with Crippen LogP contribution < -0.4 is 0 Å². The van der Waals surface area contributed by atoms with Crippen molar-refractivity contribution in [1.29, 1.82) is 0 Å². The van der Waals surface area contributed by atoms with Gasteiger partial charge in [-0.05, 0) is 25.7 Å². The van der Waals surface area contributed by atoms with E-state index in [1.165, 1.54) is 0 Å².